The van der Waals surface area contributed by atoms with Crippen LogP contribution in [0.2, 0.25) is 0 Å². The van der Waals surface area contributed by atoms with Gasteiger partial charge in [-0.15, -0.1) is 0 Å². The summed E-state index contributed by atoms with van der Waals surface area (Å²) in [6.45, 7) is 8.27. The highest BCUT2D eigenvalue weighted by atomic mass is 16.5. The first kappa shape index (κ1) is 76.7. The number of hydrogen-bond acceptors (Lipinski definition) is 20. The summed E-state index contributed by atoms with van der Waals surface area (Å²) in [6.07, 6.45) is -3.46. The maximum absolute atomic E-state index is 14.6. The summed E-state index contributed by atoms with van der Waals surface area (Å²) in [5.74, 6) is -11.2. The largest absolute Gasteiger partial charge is 0.463 e. The van der Waals surface area contributed by atoms with Gasteiger partial charge in [0.15, 0.2) is 0 Å². The van der Waals surface area contributed by atoms with E-state index in [0.717, 1.165) is 19.8 Å². The van der Waals surface area contributed by atoms with Crippen LogP contribution in [0.4, 0.5) is 0 Å². The van der Waals surface area contributed by atoms with E-state index in [1.807, 2.05) is 6.92 Å². The van der Waals surface area contributed by atoms with Crippen molar-refractivity contribution in [1.29, 1.82) is 0 Å². The molecule has 1 heterocycles. The van der Waals surface area contributed by atoms with Crippen LogP contribution in [0.25, 0.3) is 0 Å². The lowest BCUT2D eigenvalue weighted by Crippen LogP contribution is -2.62. The van der Waals surface area contributed by atoms with Crippen molar-refractivity contribution in [1.82, 2.24) is 58.5 Å². The van der Waals surface area contributed by atoms with Gasteiger partial charge in [0.2, 0.25) is 65.0 Å². The zero-order chi connectivity index (χ0) is 66.0. The highest BCUT2D eigenvalue weighted by Crippen LogP contribution is 2.12. The Morgan fingerprint density at radius 2 is 1.08 bits per heavy atom. The molecular weight excluding hydrogens is 1150 g/mol. The Kier molecular flexibility index (Phi) is 35.7. The minimum Gasteiger partial charge on any atom is -0.463 e. The molecule has 1 aromatic carbocycles. The van der Waals surface area contributed by atoms with Crippen molar-refractivity contribution in [3.05, 3.63) is 35.9 Å². The molecule has 0 aliphatic carbocycles. The SMILES string of the molecule is CCCCC(C)OC(=O)CCC(=O)N[C@@H](CCN)C(=O)N[C@H](C(=O)N[C@@H](CCN)C(=O)N[C@H]1CCNC(=O)[C@H](C(C)O)NC(=O)[C@H](CCN)NC(=O)[C@H](CCN)NC(=O)[C@H](CC(C)C)NC(=O)[C@@H](Cc2ccccc2)NC(=O)[C@H](CCN)NC1=O)C(C)O. The van der Waals surface area contributed by atoms with Crippen molar-refractivity contribution in [2.24, 2.45) is 34.6 Å². The molecule has 496 valence electrons. The number of nitrogens with one attached hydrogen (secondary N) is 11. The van der Waals surface area contributed by atoms with E-state index in [2.05, 4.69) is 58.5 Å². The van der Waals surface area contributed by atoms with Gasteiger partial charge < -0.3 is 102 Å². The topological polar surface area (TPSA) is 517 Å². The molecule has 2 rings (SSSR count). The van der Waals surface area contributed by atoms with Crippen LogP contribution in [0.5, 0.6) is 0 Å². The third-order valence-corrected chi connectivity index (χ3v) is 14.1. The number of ether oxygens (including phenoxy) is 1. The van der Waals surface area contributed by atoms with Gasteiger partial charge in [-0.3, -0.25) is 57.5 Å². The number of carbonyl (C=O) groups excluding carboxylic acids is 12. The van der Waals surface area contributed by atoms with Gasteiger partial charge in [-0.25, -0.2) is 0 Å². The summed E-state index contributed by atoms with van der Waals surface area (Å²) >= 11 is 0. The van der Waals surface area contributed by atoms with Crippen LogP contribution < -0.4 is 87.2 Å². The van der Waals surface area contributed by atoms with E-state index in [9.17, 15) is 67.7 Å². The molecule has 23 N–H and O–H groups in total. The van der Waals surface area contributed by atoms with Crippen molar-refractivity contribution < 1.29 is 72.5 Å². The van der Waals surface area contributed by atoms with Gasteiger partial charge in [-0.05, 0) is 116 Å². The molecule has 0 radical (unpaired) electrons. The summed E-state index contributed by atoms with van der Waals surface area (Å²) < 4.78 is 5.34. The average Bonchev–Trinajstić information content (AvgIpc) is 3.25. The second-order valence-electron chi connectivity index (χ2n) is 22.2. The Bertz CT molecular complexity index is 2440. The second-order valence-corrected chi connectivity index (χ2v) is 22.2. The molecule has 1 aliphatic heterocycles. The van der Waals surface area contributed by atoms with Gasteiger partial charge in [-0.2, -0.15) is 0 Å². The number of carbonyl (C=O) groups is 12. The van der Waals surface area contributed by atoms with E-state index in [1.165, 1.54) is 6.92 Å². The molecular formula is C57H98N16O15. The Balaban J connectivity index is 2.65. The van der Waals surface area contributed by atoms with Gasteiger partial charge in [0, 0.05) is 19.4 Å². The standard InChI is InChI=1S/C57H98N16O15/c1-7-8-12-32(4)88-45(77)16-15-44(76)64-36(17-23-58)52(82)73-47(34(6)75)57(87)69-39(20-26-61)49(79)68-41-22-28-63-56(86)46(33(5)74)72-53(83)40(21-27-62)66-48(78)37(18-24-59)67-54(84)42(29-31(2)3)70-55(85)43(30-35-13-10-9-11-14-35)71-50(80)38(19-25-60)65-51(41)81/h9-11,13-14,31-34,36-43,46-47,74-75H,7-8,12,15-30,58-62H2,1-6H3,(H,63,86)(H,64,76)(H,65,81)(H,66,78)(H,67,84)(H,68,79)(H,69,87)(H,70,85)(H,71,80)(H,72,83)(H,73,82)/t32?,33?,34?,36-,37-,38-,39-,40-,41-,42-,43+,46-,47-/m0/s1. The molecule has 1 aromatic rings. The minimum atomic E-state index is -1.78. The third-order valence-electron chi connectivity index (χ3n) is 14.1. The van der Waals surface area contributed by atoms with E-state index in [1.54, 1.807) is 51.1 Å². The highest BCUT2D eigenvalue weighted by Gasteiger charge is 2.38. The van der Waals surface area contributed by atoms with Gasteiger partial charge in [0.25, 0.3) is 0 Å². The second kappa shape index (κ2) is 40.9. The Morgan fingerprint density at radius 3 is 1.59 bits per heavy atom. The molecule has 0 spiro atoms. The Morgan fingerprint density at radius 1 is 0.580 bits per heavy atom. The first-order chi connectivity index (χ1) is 41.7. The molecule has 3 unspecified atom stereocenters. The van der Waals surface area contributed by atoms with Gasteiger partial charge in [0.05, 0.1) is 24.7 Å². The maximum atomic E-state index is 14.6. The quantitative estimate of drug-likeness (QED) is 0.0319. The first-order valence-electron chi connectivity index (χ1n) is 30.1. The Hall–Kier alpha value is -7.42. The predicted molar refractivity (Wildman–Crippen MR) is 323 cm³/mol. The normalized spacial score (nSPS) is 22.4. The number of aliphatic hydroxyl groups excluding tert-OH is 2. The summed E-state index contributed by atoms with van der Waals surface area (Å²) in [6, 6.07) is -6.70. The number of hydrogen-bond donors (Lipinski definition) is 18. The van der Waals surface area contributed by atoms with E-state index >= 15 is 0 Å². The number of esters is 1. The molecule has 0 aromatic heterocycles. The zero-order valence-electron chi connectivity index (χ0n) is 51.5. The number of aliphatic hydroxyl groups is 2. The molecule has 11 amide bonds. The number of amides is 11. The van der Waals surface area contributed by atoms with Crippen molar-refractivity contribution in [3.63, 3.8) is 0 Å². The maximum Gasteiger partial charge on any atom is 0.306 e. The number of nitrogens with two attached hydrogens (primary N) is 5. The van der Waals surface area contributed by atoms with Crippen LogP contribution >= 0.6 is 0 Å². The zero-order valence-corrected chi connectivity index (χ0v) is 51.5. The lowest BCUT2D eigenvalue weighted by atomic mass is 10.00. The van der Waals surface area contributed by atoms with Crippen molar-refractivity contribution >= 4 is 70.9 Å². The molecule has 31 heteroatoms. The molecule has 0 saturated carbocycles. The number of benzene rings is 1. The summed E-state index contributed by atoms with van der Waals surface area (Å²) in [7, 11) is 0. The molecule has 88 heavy (non-hydrogen) atoms. The highest BCUT2D eigenvalue weighted by molar-refractivity contribution is 5.99. The van der Waals surface area contributed by atoms with E-state index in [4.69, 9.17) is 33.4 Å². The van der Waals surface area contributed by atoms with Crippen LogP contribution in [0.3, 0.4) is 0 Å². The van der Waals surface area contributed by atoms with Crippen LogP contribution in [-0.2, 0) is 68.7 Å². The summed E-state index contributed by atoms with van der Waals surface area (Å²) in [4.78, 5) is 166. The van der Waals surface area contributed by atoms with Gasteiger partial charge in [-0.1, -0.05) is 63.9 Å². The number of rotatable bonds is 30. The smallest absolute Gasteiger partial charge is 0.306 e. The molecule has 1 aliphatic rings. The molecule has 1 fully saturated rings. The van der Waals surface area contributed by atoms with Crippen LogP contribution in [0.15, 0.2) is 30.3 Å². The van der Waals surface area contributed by atoms with Crippen molar-refractivity contribution in [2.75, 3.05) is 39.3 Å². The Labute approximate surface area is 513 Å². The van der Waals surface area contributed by atoms with Gasteiger partial charge >= 0.3 is 5.97 Å². The van der Waals surface area contributed by atoms with Crippen molar-refractivity contribution in [2.45, 2.75) is 204 Å². The molecule has 13 atom stereocenters. The van der Waals surface area contributed by atoms with E-state index in [-0.39, 0.29) is 103 Å². The molecule has 0 bridgehead atoms. The fourth-order valence-corrected chi connectivity index (χ4v) is 9.19. The average molecular weight is 1250 g/mol. The fraction of sp³-hybridized carbons (Fsp3) is 0.684. The lowest BCUT2D eigenvalue weighted by Gasteiger charge is -2.29. The van der Waals surface area contributed by atoms with E-state index < -0.39 is 157 Å². The minimum absolute atomic E-state index is 0.0339. The molecule has 1 saturated heterocycles. The van der Waals surface area contributed by atoms with Crippen LogP contribution in [0.1, 0.15) is 124 Å². The summed E-state index contributed by atoms with van der Waals surface area (Å²) in [5, 5.41) is 49.3. The van der Waals surface area contributed by atoms with Crippen LogP contribution in [-0.4, -0.2) is 199 Å². The molecule has 31 nitrogen and oxygen atoms in total. The summed E-state index contributed by atoms with van der Waals surface area (Å²) in [5.41, 5.74) is 29.9. The monoisotopic (exact) mass is 1250 g/mol. The predicted octanol–water partition coefficient (Wildman–Crippen LogP) is -5.95. The lowest BCUT2D eigenvalue weighted by molar-refractivity contribution is -0.149. The van der Waals surface area contributed by atoms with Crippen LogP contribution in [0, 0.1) is 5.92 Å². The fourth-order valence-electron chi connectivity index (χ4n) is 9.19. The van der Waals surface area contributed by atoms with E-state index in [0.29, 0.717) is 12.0 Å². The number of unbranched alkanes of at least 4 members (excludes halogenated alkanes) is 1. The van der Waals surface area contributed by atoms with Gasteiger partial charge in [0.1, 0.15) is 60.4 Å². The third kappa shape index (κ3) is 27.7. The first-order valence-corrected chi connectivity index (χ1v) is 30.1. The van der Waals surface area contributed by atoms with Crippen molar-refractivity contribution in [3.8, 4) is 0 Å².